The van der Waals surface area contributed by atoms with Crippen LogP contribution in [0.1, 0.15) is 22.3 Å². The Balaban J connectivity index is 0.00000225. The van der Waals surface area contributed by atoms with Gasteiger partial charge >= 0.3 is 0 Å². The minimum absolute atomic E-state index is 0. The maximum Gasteiger partial charge on any atom is 0.258 e. The molecule has 0 spiro atoms. The average Bonchev–Trinajstić information content (AvgIpc) is 3.22. The number of nitrogens with one attached hydrogen (secondary N) is 2. The van der Waals surface area contributed by atoms with Crippen LogP contribution in [0.5, 0.6) is 0 Å². The maximum absolute atomic E-state index is 12.6. The van der Waals surface area contributed by atoms with Crippen molar-refractivity contribution in [3.05, 3.63) is 41.7 Å². The minimum Gasteiger partial charge on any atom is -0.378 e. The van der Waals surface area contributed by atoms with Gasteiger partial charge in [-0.3, -0.25) is 10.1 Å². The Hall–Kier alpha value is -2.29. The Morgan fingerprint density at radius 3 is 2.93 bits per heavy atom. The normalized spacial score (nSPS) is 19.1. The Labute approximate surface area is 170 Å². The van der Waals surface area contributed by atoms with E-state index in [-0.39, 0.29) is 24.3 Å². The van der Waals surface area contributed by atoms with E-state index in [1.54, 1.807) is 0 Å². The van der Waals surface area contributed by atoms with E-state index >= 15 is 0 Å². The molecule has 0 bridgehead atoms. The fraction of sp³-hybridized carbons (Fsp3) is 0.474. The molecule has 8 nitrogen and oxygen atoms in total. The molecule has 9 heteroatoms. The number of hydrogen-bond donors (Lipinski definition) is 2. The second-order valence-electron chi connectivity index (χ2n) is 6.93. The van der Waals surface area contributed by atoms with Crippen LogP contribution in [0.25, 0.3) is 0 Å². The molecular formula is C19H25ClN6O2. The molecular weight excluding hydrogens is 380 g/mol. The van der Waals surface area contributed by atoms with Gasteiger partial charge in [0.15, 0.2) is 0 Å². The van der Waals surface area contributed by atoms with Crippen LogP contribution in [0.3, 0.4) is 0 Å². The Bertz CT molecular complexity index is 793. The Kier molecular flexibility index (Phi) is 7.13. The zero-order chi connectivity index (χ0) is 18.5. The Morgan fingerprint density at radius 1 is 1.29 bits per heavy atom. The van der Waals surface area contributed by atoms with Crippen molar-refractivity contribution in [2.24, 2.45) is 5.92 Å². The van der Waals surface area contributed by atoms with Gasteiger partial charge in [0, 0.05) is 18.7 Å². The lowest BCUT2D eigenvalue weighted by molar-refractivity contribution is 0.102. The second-order valence-corrected chi connectivity index (χ2v) is 6.93. The Morgan fingerprint density at radius 2 is 2.14 bits per heavy atom. The summed E-state index contributed by atoms with van der Waals surface area (Å²) in [6.07, 6.45) is 3.60. The van der Waals surface area contributed by atoms with E-state index in [1.807, 2.05) is 23.1 Å². The molecule has 1 atom stereocenters. The van der Waals surface area contributed by atoms with Crippen molar-refractivity contribution < 1.29 is 9.53 Å². The SMILES string of the molecule is Cl.O=C(Nc1ncnc(N2CCOCC2)n1)c1cccc(CC2CCNC2)c1. The number of benzene rings is 1. The topological polar surface area (TPSA) is 92.3 Å². The summed E-state index contributed by atoms with van der Waals surface area (Å²) in [5, 5.41) is 6.17. The molecule has 1 aromatic carbocycles. The van der Waals surface area contributed by atoms with Crippen LogP contribution in [-0.2, 0) is 11.2 Å². The molecule has 0 aliphatic carbocycles. The predicted octanol–water partition coefficient (Wildman–Crippen LogP) is 1.53. The first kappa shape index (κ1) is 20.4. The zero-order valence-electron chi connectivity index (χ0n) is 15.6. The van der Waals surface area contributed by atoms with Crippen molar-refractivity contribution in [3.63, 3.8) is 0 Å². The lowest BCUT2D eigenvalue weighted by Gasteiger charge is -2.26. The van der Waals surface area contributed by atoms with Gasteiger partial charge in [0.05, 0.1) is 13.2 Å². The van der Waals surface area contributed by atoms with E-state index in [9.17, 15) is 4.79 Å². The summed E-state index contributed by atoms with van der Waals surface area (Å²) in [5.41, 5.74) is 1.80. The quantitative estimate of drug-likeness (QED) is 0.780. The van der Waals surface area contributed by atoms with E-state index in [2.05, 4.69) is 31.7 Å². The number of rotatable bonds is 5. The molecule has 2 aromatic rings. The third kappa shape index (κ3) is 5.15. The van der Waals surface area contributed by atoms with E-state index in [0.717, 1.165) is 32.6 Å². The molecule has 2 saturated heterocycles. The molecule has 4 rings (SSSR count). The molecule has 28 heavy (non-hydrogen) atoms. The molecule has 1 amide bonds. The van der Waals surface area contributed by atoms with Gasteiger partial charge in [-0.2, -0.15) is 4.98 Å². The highest BCUT2D eigenvalue weighted by Gasteiger charge is 2.17. The van der Waals surface area contributed by atoms with Crippen molar-refractivity contribution in [3.8, 4) is 0 Å². The standard InChI is InChI=1S/C19H24N6O2.ClH/c26-17(16-3-1-2-14(11-16)10-15-4-5-20-12-15)23-18-21-13-22-19(24-18)25-6-8-27-9-7-25;/h1-3,11,13,15,20H,4-10,12H2,(H,21,22,23,24,26);1H. The first-order valence-corrected chi connectivity index (χ1v) is 9.41. The molecule has 2 fully saturated rings. The van der Waals surface area contributed by atoms with Crippen LogP contribution in [0, 0.1) is 5.92 Å². The summed E-state index contributed by atoms with van der Waals surface area (Å²) < 4.78 is 5.35. The minimum atomic E-state index is -0.208. The molecule has 0 radical (unpaired) electrons. The van der Waals surface area contributed by atoms with Crippen LogP contribution in [0.2, 0.25) is 0 Å². The van der Waals surface area contributed by atoms with Gasteiger partial charge in [-0.25, -0.2) is 9.97 Å². The fourth-order valence-corrected chi connectivity index (χ4v) is 3.50. The van der Waals surface area contributed by atoms with Gasteiger partial charge in [-0.05, 0) is 49.5 Å². The number of ether oxygens (including phenoxy) is 1. The first-order chi connectivity index (χ1) is 13.3. The number of hydrogen-bond acceptors (Lipinski definition) is 7. The average molecular weight is 405 g/mol. The van der Waals surface area contributed by atoms with E-state index in [1.165, 1.54) is 18.3 Å². The van der Waals surface area contributed by atoms with Crippen LogP contribution < -0.4 is 15.5 Å². The highest BCUT2D eigenvalue weighted by atomic mass is 35.5. The van der Waals surface area contributed by atoms with E-state index in [0.29, 0.717) is 30.6 Å². The number of aromatic nitrogens is 3. The summed E-state index contributed by atoms with van der Waals surface area (Å²) in [5.74, 6) is 1.26. The molecule has 2 N–H and O–H groups in total. The third-order valence-electron chi connectivity index (χ3n) is 4.95. The van der Waals surface area contributed by atoms with Gasteiger partial charge in [0.1, 0.15) is 6.33 Å². The predicted molar refractivity (Wildman–Crippen MR) is 109 cm³/mol. The van der Waals surface area contributed by atoms with Crippen molar-refractivity contribution in [2.75, 3.05) is 49.6 Å². The van der Waals surface area contributed by atoms with Crippen LogP contribution in [-0.4, -0.2) is 60.3 Å². The lowest BCUT2D eigenvalue weighted by atomic mass is 9.97. The maximum atomic E-state index is 12.6. The van der Waals surface area contributed by atoms with Crippen molar-refractivity contribution in [1.82, 2.24) is 20.3 Å². The molecule has 2 aliphatic rings. The summed E-state index contributed by atoms with van der Waals surface area (Å²) in [7, 11) is 0. The van der Waals surface area contributed by atoms with Crippen LogP contribution >= 0.6 is 12.4 Å². The monoisotopic (exact) mass is 404 g/mol. The van der Waals surface area contributed by atoms with E-state index < -0.39 is 0 Å². The van der Waals surface area contributed by atoms with Gasteiger partial charge in [0.25, 0.3) is 5.91 Å². The fourth-order valence-electron chi connectivity index (χ4n) is 3.50. The number of carbonyl (C=O) groups excluding carboxylic acids is 1. The second kappa shape index (κ2) is 9.77. The number of amides is 1. The summed E-state index contributed by atoms with van der Waals surface area (Å²) in [6.45, 7) is 4.89. The summed E-state index contributed by atoms with van der Waals surface area (Å²) >= 11 is 0. The molecule has 150 valence electrons. The zero-order valence-corrected chi connectivity index (χ0v) is 16.5. The molecule has 3 heterocycles. The molecule has 1 unspecified atom stereocenters. The number of anilines is 2. The number of halogens is 1. The van der Waals surface area contributed by atoms with Crippen molar-refractivity contribution in [2.45, 2.75) is 12.8 Å². The third-order valence-corrected chi connectivity index (χ3v) is 4.95. The lowest BCUT2D eigenvalue weighted by Crippen LogP contribution is -2.37. The number of nitrogens with zero attached hydrogens (tertiary/aromatic N) is 4. The molecule has 1 aromatic heterocycles. The van der Waals surface area contributed by atoms with Crippen LogP contribution in [0.15, 0.2) is 30.6 Å². The van der Waals surface area contributed by atoms with Crippen molar-refractivity contribution in [1.29, 1.82) is 0 Å². The molecule has 0 saturated carbocycles. The largest absolute Gasteiger partial charge is 0.378 e. The van der Waals surface area contributed by atoms with Gasteiger partial charge in [-0.1, -0.05) is 12.1 Å². The summed E-state index contributed by atoms with van der Waals surface area (Å²) in [4.78, 5) is 27.3. The number of carbonyl (C=O) groups is 1. The van der Waals surface area contributed by atoms with Gasteiger partial charge in [0.2, 0.25) is 11.9 Å². The first-order valence-electron chi connectivity index (χ1n) is 9.41. The molecule has 2 aliphatic heterocycles. The smallest absolute Gasteiger partial charge is 0.258 e. The highest BCUT2D eigenvalue weighted by Crippen LogP contribution is 2.17. The summed E-state index contributed by atoms with van der Waals surface area (Å²) in [6, 6.07) is 7.78. The van der Waals surface area contributed by atoms with Crippen LogP contribution in [0.4, 0.5) is 11.9 Å². The van der Waals surface area contributed by atoms with Crippen molar-refractivity contribution >= 4 is 30.2 Å². The number of morpholine rings is 1. The van der Waals surface area contributed by atoms with Gasteiger partial charge < -0.3 is 15.0 Å². The van der Waals surface area contributed by atoms with Gasteiger partial charge in [-0.15, -0.1) is 12.4 Å². The highest BCUT2D eigenvalue weighted by molar-refractivity contribution is 6.03. The van der Waals surface area contributed by atoms with E-state index in [4.69, 9.17) is 4.74 Å².